The van der Waals surface area contributed by atoms with Crippen LogP contribution in [0.15, 0.2) is 0 Å². The predicted octanol–water partition coefficient (Wildman–Crippen LogP) is 2.16. The van der Waals surface area contributed by atoms with Gasteiger partial charge in [-0.25, -0.2) is 0 Å². The van der Waals surface area contributed by atoms with Crippen molar-refractivity contribution < 1.29 is 9.90 Å². The molecule has 0 atom stereocenters. The summed E-state index contributed by atoms with van der Waals surface area (Å²) in [6.07, 6.45) is 6.06. The molecular formula is C12H22ClNO2. The maximum absolute atomic E-state index is 11.7. The van der Waals surface area contributed by atoms with Gasteiger partial charge in [0, 0.05) is 25.9 Å². The lowest BCUT2D eigenvalue weighted by Gasteiger charge is -2.28. The van der Waals surface area contributed by atoms with Crippen LogP contribution in [0.1, 0.15) is 44.9 Å². The average Bonchev–Trinajstić information content (AvgIpc) is 2.65. The number of hydrogen-bond acceptors (Lipinski definition) is 2. The normalized spacial score (nSPS) is 18.7. The molecule has 0 spiro atoms. The highest BCUT2D eigenvalue weighted by molar-refractivity contribution is 6.17. The van der Waals surface area contributed by atoms with Crippen molar-refractivity contribution in [2.24, 2.45) is 0 Å². The molecule has 0 bridgehead atoms. The Kier molecular flexibility index (Phi) is 5.56. The number of amides is 1. The molecule has 1 amide bonds. The molecule has 3 nitrogen and oxygen atoms in total. The first-order valence-electron chi connectivity index (χ1n) is 6.10. The summed E-state index contributed by atoms with van der Waals surface area (Å²) in [5.41, 5.74) is -0.628. The molecule has 1 N–H and O–H groups in total. The highest BCUT2D eigenvalue weighted by Gasteiger charge is 2.33. The maximum atomic E-state index is 11.7. The SMILES string of the molecule is CN(CC1(O)CCCC1)C(=O)CCCCCl. The zero-order valence-corrected chi connectivity index (χ0v) is 10.8. The van der Waals surface area contributed by atoms with Gasteiger partial charge in [-0.3, -0.25) is 4.79 Å². The minimum absolute atomic E-state index is 0.116. The Hall–Kier alpha value is -0.280. The highest BCUT2D eigenvalue weighted by atomic mass is 35.5. The van der Waals surface area contributed by atoms with Crippen LogP contribution in [-0.2, 0) is 4.79 Å². The van der Waals surface area contributed by atoms with E-state index < -0.39 is 5.60 Å². The van der Waals surface area contributed by atoms with Crippen molar-refractivity contribution >= 4 is 17.5 Å². The minimum atomic E-state index is -0.628. The van der Waals surface area contributed by atoms with E-state index in [1.165, 1.54) is 0 Å². The summed E-state index contributed by atoms with van der Waals surface area (Å²) in [6, 6.07) is 0. The standard InChI is InChI=1S/C12H22ClNO2/c1-14(11(15)6-2-5-9-13)10-12(16)7-3-4-8-12/h16H,2-10H2,1H3. The van der Waals surface area contributed by atoms with Crippen LogP contribution >= 0.6 is 11.6 Å². The Labute approximate surface area is 103 Å². The summed E-state index contributed by atoms with van der Waals surface area (Å²) in [4.78, 5) is 13.4. The van der Waals surface area contributed by atoms with Gasteiger partial charge >= 0.3 is 0 Å². The number of carbonyl (C=O) groups is 1. The number of unbranched alkanes of at least 4 members (excludes halogenated alkanes) is 1. The minimum Gasteiger partial charge on any atom is -0.388 e. The van der Waals surface area contributed by atoms with Crippen molar-refractivity contribution in [1.29, 1.82) is 0 Å². The highest BCUT2D eigenvalue weighted by Crippen LogP contribution is 2.30. The molecule has 16 heavy (non-hydrogen) atoms. The van der Waals surface area contributed by atoms with Crippen LogP contribution in [0, 0.1) is 0 Å². The summed E-state index contributed by atoms with van der Waals surface area (Å²) in [5.74, 6) is 0.728. The third-order valence-corrected chi connectivity index (χ3v) is 3.53. The number of nitrogens with zero attached hydrogens (tertiary/aromatic N) is 1. The number of alkyl halides is 1. The summed E-state index contributed by atoms with van der Waals surface area (Å²) >= 11 is 5.56. The zero-order valence-electron chi connectivity index (χ0n) is 10.0. The third-order valence-electron chi connectivity index (χ3n) is 3.27. The van der Waals surface area contributed by atoms with Crippen LogP contribution < -0.4 is 0 Å². The molecule has 0 aromatic rings. The van der Waals surface area contributed by atoms with E-state index in [0.717, 1.165) is 38.5 Å². The fourth-order valence-corrected chi connectivity index (χ4v) is 2.47. The van der Waals surface area contributed by atoms with Crippen molar-refractivity contribution in [1.82, 2.24) is 4.90 Å². The number of likely N-dealkylation sites (N-methyl/N-ethyl adjacent to an activating group) is 1. The molecule has 0 aromatic heterocycles. The van der Waals surface area contributed by atoms with Gasteiger partial charge < -0.3 is 10.0 Å². The van der Waals surface area contributed by atoms with Gasteiger partial charge in [-0.05, 0) is 25.7 Å². The van der Waals surface area contributed by atoms with E-state index in [-0.39, 0.29) is 5.91 Å². The first kappa shape index (κ1) is 13.8. The van der Waals surface area contributed by atoms with Crippen molar-refractivity contribution in [3.8, 4) is 0 Å². The van der Waals surface area contributed by atoms with Crippen LogP contribution in [-0.4, -0.2) is 41.0 Å². The molecular weight excluding hydrogens is 226 g/mol. The van der Waals surface area contributed by atoms with Gasteiger partial charge in [0.25, 0.3) is 0 Å². The van der Waals surface area contributed by atoms with Gasteiger partial charge in [0.05, 0.1) is 5.60 Å². The Morgan fingerprint density at radius 1 is 1.38 bits per heavy atom. The second-order valence-corrected chi connectivity index (χ2v) is 5.21. The molecule has 1 aliphatic carbocycles. The van der Waals surface area contributed by atoms with Crippen LogP contribution in [0.5, 0.6) is 0 Å². The van der Waals surface area contributed by atoms with E-state index in [2.05, 4.69) is 0 Å². The fourth-order valence-electron chi connectivity index (χ4n) is 2.28. The second-order valence-electron chi connectivity index (χ2n) is 4.83. The molecule has 1 fully saturated rings. The lowest BCUT2D eigenvalue weighted by atomic mass is 10.0. The zero-order chi connectivity index (χ0) is 12.0. The van der Waals surface area contributed by atoms with Crippen molar-refractivity contribution in [2.45, 2.75) is 50.5 Å². The lowest BCUT2D eigenvalue weighted by Crippen LogP contribution is -2.41. The summed E-state index contributed by atoms with van der Waals surface area (Å²) in [6.45, 7) is 0.479. The lowest BCUT2D eigenvalue weighted by molar-refractivity contribution is -0.133. The number of carbonyl (C=O) groups excluding carboxylic acids is 1. The molecule has 0 aromatic carbocycles. The first-order chi connectivity index (χ1) is 7.57. The molecule has 0 radical (unpaired) electrons. The van der Waals surface area contributed by atoms with E-state index >= 15 is 0 Å². The molecule has 0 heterocycles. The van der Waals surface area contributed by atoms with Crippen molar-refractivity contribution in [3.63, 3.8) is 0 Å². The molecule has 1 saturated carbocycles. The van der Waals surface area contributed by atoms with Gasteiger partial charge in [-0.15, -0.1) is 11.6 Å². The smallest absolute Gasteiger partial charge is 0.222 e. The molecule has 94 valence electrons. The third kappa shape index (κ3) is 4.30. The molecule has 1 rings (SSSR count). The van der Waals surface area contributed by atoms with E-state index in [1.807, 2.05) is 0 Å². The van der Waals surface area contributed by atoms with Crippen LogP contribution in [0.25, 0.3) is 0 Å². The number of rotatable bonds is 6. The summed E-state index contributed by atoms with van der Waals surface area (Å²) in [7, 11) is 1.78. The largest absolute Gasteiger partial charge is 0.388 e. The van der Waals surface area contributed by atoms with E-state index in [1.54, 1.807) is 11.9 Å². The van der Waals surface area contributed by atoms with Crippen LogP contribution in [0.4, 0.5) is 0 Å². The maximum Gasteiger partial charge on any atom is 0.222 e. The molecule has 0 saturated heterocycles. The topological polar surface area (TPSA) is 40.5 Å². The van der Waals surface area contributed by atoms with Gasteiger partial charge in [-0.2, -0.15) is 0 Å². The Morgan fingerprint density at radius 3 is 2.56 bits per heavy atom. The van der Waals surface area contributed by atoms with Gasteiger partial charge in [0.1, 0.15) is 0 Å². The summed E-state index contributed by atoms with van der Waals surface area (Å²) < 4.78 is 0. The summed E-state index contributed by atoms with van der Waals surface area (Å²) in [5, 5.41) is 10.2. The molecule has 0 aliphatic heterocycles. The van der Waals surface area contributed by atoms with E-state index in [9.17, 15) is 9.90 Å². The van der Waals surface area contributed by atoms with Crippen molar-refractivity contribution in [3.05, 3.63) is 0 Å². The van der Waals surface area contributed by atoms with Gasteiger partial charge in [0.2, 0.25) is 5.91 Å². The molecule has 1 aliphatic rings. The van der Waals surface area contributed by atoms with E-state index in [4.69, 9.17) is 11.6 Å². The van der Waals surface area contributed by atoms with Crippen molar-refractivity contribution in [2.75, 3.05) is 19.5 Å². The van der Waals surface area contributed by atoms with Crippen LogP contribution in [0.2, 0.25) is 0 Å². The van der Waals surface area contributed by atoms with Gasteiger partial charge in [0.15, 0.2) is 0 Å². The first-order valence-corrected chi connectivity index (χ1v) is 6.63. The Bertz CT molecular complexity index is 227. The monoisotopic (exact) mass is 247 g/mol. The van der Waals surface area contributed by atoms with E-state index in [0.29, 0.717) is 18.8 Å². The van der Waals surface area contributed by atoms with Gasteiger partial charge in [-0.1, -0.05) is 12.8 Å². The number of aliphatic hydroxyl groups is 1. The predicted molar refractivity (Wildman–Crippen MR) is 65.6 cm³/mol. The Balaban J connectivity index is 2.27. The second kappa shape index (κ2) is 6.45. The average molecular weight is 248 g/mol. The molecule has 4 heteroatoms. The number of halogens is 1. The fraction of sp³-hybridized carbons (Fsp3) is 0.917. The Morgan fingerprint density at radius 2 is 2.00 bits per heavy atom. The quantitative estimate of drug-likeness (QED) is 0.577. The van der Waals surface area contributed by atoms with Crippen LogP contribution in [0.3, 0.4) is 0 Å². The molecule has 0 unspecified atom stereocenters. The number of hydrogen-bond donors (Lipinski definition) is 1.